The minimum Gasteiger partial charge on any atom is -0.478 e. The maximum atomic E-state index is 10.7. The number of nitrogens with zero attached hydrogens (tertiary/aromatic N) is 2. The lowest BCUT2D eigenvalue weighted by Gasteiger charge is -2.16. The van der Waals surface area contributed by atoms with E-state index in [9.17, 15) is 4.79 Å². The van der Waals surface area contributed by atoms with Crippen molar-refractivity contribution in [3.05, 3.63) is 16.6 Å². The van der Waals surface area contributed by atoms with Gasteiger partial charge in [0, 0.05) is 29.7 Å². The molecule has 0 aliphatic carbocycles. The van der Waals surface area contributed by atoms with Crippen LogP contribution in [0.3, 0.4) is 0 Å². The van der Waals surface area contributed by atoms with Crippen LogP contribution in [0.5, 0.6) is 0 Å². The van der Waals surface area contributed by atoms with Crippen LogP contribution in [0, 0.1) is 0 Å². The van der Waals surface area contributed by atoms with Gasteiger partial charge in [-0.2, -0.15) is 0 Å². The first-order valence-electron chi connectivity index (χ1n) is 5.20. The third-order valence-corrected chi connectivity index (χ3v) is 3.25. The van der Waals surface area contributed by atoms with E-state index in [-0.39, 0.29) is 0 Å². The van der Waals surface area contributed by atoms with E-state index in [0.717, 1.165) is 23.1 Å². The Kier molecular flexibility index (Phi) is 4.49. The van der Waals surface area contributed by atoms with Gasteiger partial charge in [0.05, 0.1) is 0 Å². The molecule has 1 rings (SSSR count). The molecule has 1 heterocycles. The van der Waals surface area contributed by atoms with Gasteiger partial charge in [-0.3, -0.25) is 0 Å². The predicted octanol–water partition coefficient (Wildman–Crippen LogP) is 2.48. The smallest absolute Gasteiger partial charge is 0.331 e. The van der Waals surface area contributed by atoms with Crippen molar-refractivity contribution in [2.45, 2.75) is 20.8 Å². The minimum atomic E-state index is -0.891. The second kappa shape index (κ2) is 5.65. The van der Waals surface area contributed by atoms with Crippen LogP contribution in [0.2, 0.25) is 0 Å². The van der Waals surface area contributed by atoms with Crippen molar-refractivity contribution >= 4 is 28.5 Å². The van der Waals surface area contributed by atoms with E-state index < -0.39 is 5.97 Å². The van der Waals surface area contributed by atoms with Gasteiger partial charge in [-0.25, -0.2) is 9.78 Å². The minimum absolute atomic E-state index is 0.328. The van der Waals surface area contributed by atoms with Crippen molar-refractivity contribution < 1.29 is 9.90 Å². The molecule has 0 amide bonds. The van der Waals surface area contributed by atoms with E-state index in [1.54, 1.807) is 19.2 Å². The molecule has 0 saturated heterocycles. The summed E-state index contributed by atoms with van der Waals surface area (Å²) in [5.41, 5.74) is 0.328. The van der Waals surface area contributed by atoms with E-state index in [1.807, 2.05) is 0 Å². The highest BCUT2D eigenvalue weighted by Gasteiger charge is 2.07. The van der Waals surface area contributed by atoms with Gasteiger partial charge in [0.15, 0.2) is 5.13 Å². The lowest BCUT2D eigenvalue weighted by molar-refractivity contribution is -0.132. The molecule has 0 radical (unpaired) electrons. The fourth-order valence-corrected chi connectivity index (χ4v) is 2.30. The zero-order chi connectivity index (χ0) is 12.1. The lowest BCUT2D eigenvalue weighted by atomic mass is 10.3. The summed E-state index contributed by atoms with van der Waals surface area (Å²) in [7, 11) is 0. The maximum absolute atomic E-state index is 10.7. The van der Waals surface area contributed by atoms with Gasteiger partial charge in [-0.1, -0.05) is 11.3 Å². The molecule has 1 N–H and O–H groups in total. The molecule has 1 aromatic rings. The van der Waals surface area contributed by atoms with Gasteiger partial charge in [-0.05, 0) is 26.8 Å². The monoisotopic (exact) mass is 240 g/mol. The number of rotatable bonds is 5. The Bertz CT molecular complexity index is 394. The normalized spacial score (nSPS) is 11.6. The quantitative estimate of drug-likeness (QED) is 0.803. The van der Waals surface area contributed by atoms with E-state index in [4.69, 9.17) is 5.11 Å². The summed E-state index contributed by atoms with van der Waals surface area (Å²) in [6.45, 7) is 7.54. The molecular formula is C11H16N2O2S. The Hall–Kier alpha value is -1.36. The van der Waals surface area contributed by atoms with Crippen molar-refractivity contribution in [2.24, 2.45) is 0 Å². The van der Waals surface area contributed by atoms with E-state index in [0.29, 0.717) is 5.57 Å². The molecule has 88 valence electrons. The zero-order valence-corrected chi connectivity index (χ0v) is 10.5. The zero-order valence-electron chi connectivity index (χ0n) is 9.73. The Morgan fingerprint density at radius 2 is 2.19 bits per heavy atom. The van der Waals surface area contributed by atoms with Crippen LogP contribution in [-0.4, -0.2) is 29.1 Å². The molecule has 1 aromatic heterocycles. The first-order chi connectivity index (χ1) is 7.58. The molecule has 16 heavy (non-hydrogen) atoms. The van der Waals surface area contributed by atoms with Crippen molar-refractivity contribution in [1.29, 1.82) is 0 Å². The number of carbonyl (C=O) groups is 1. The molecule has 0 unspecified atom stereocenters. The van der Waals surface area contributed by atoms with Gasteiger partial charge in [0.1, 0.15) is 0 Å². The molecule has 0 atom stereocenters. The number of hydrogen-bond acceptors (Lipinski definition) is 4. The summed E-state index contributed by atoms with van der Waals surface area (Å²) in [6, 6.07) is 0. The molecule has 0 bridgehead atoms. The van der Waals surface area contributed by atoms with Crippen LogP contribution >= 0.6 is 11.3 Å². The summed E-state index contributed by atoms with van der Waals surface area (Å²) in [4.78, 5) is 18.0. The standard InChI is InChI=1S/C11H16N2O2S/c1-4-13(5-2)11-12-7-9(16-11)6-8(3)10(14)15/h6-7H,4-5H2,1-3H3,(H,14,15). The topological polar surface area (TPSA) is 53.4 Å². The van der Waals surface area contributed by atoms with Crippen LogP contribution < -0.4 is 4.90 Å². The van der Waals surface area contributed by atoms with Crippen LogP contribution in [-0.2, 0) is 4.79 Å². The van der Waals surface area contributed by atoms with Gasteiger partial charge >= 0.3 is 5.97 Å². The van der Waals surface area contributed by atoms with Crippen molar-refractivity contribution in [3.8, 4) is 0 Å². The summed E-state index contributed by atoms with van der Waals surface area (Å²) in [6.07, 6.45) is 3.36. The third-order valence-electron chi connectivity index (χ3n) is 2.24. The van der Waals surface area contributed by atoms with Gasteiger partial charge in [0.25, 0.3) is 0 Å². The van der Waals surface area contributed by atoms with Crippen LogP contribution in [0.1, 0.15) is 25.6 Å². The number of thiazole rings is 1. The maximum Gasteiger partial charge on any atom is 0.331 e. The Morgan fingerprint density at radius 3 is 2.69 bits per heavy atom. The number of carboxylic acids is 1. The summed E-state index contributed by atoms with van der Waals surface area (Å²) >= 11 is 1.51. The number of hydrogen-bond donors (Lipinski definition) is 1. The SMILES string of the molecule is CCN(CC)c1ncc(C=C(C)C(=O)O)s1. The molecule has 0 aliphatic rings. The summed E-state index contributed by atoms with van der Waals surface area (Å²) < 4.78 is 0. The second-order valence-corrected chi connectivity index (χ2v) is 4.39. The highest BCUT2D eigenvalue weighted by molar-refractivity contribution is 7.16. The molecule has 0 saturated carbocycles. The molecule has 0 fully saturated rings. The van der Waals surface area contributed by atoms with Crippen LogP contribution in [0.25, 0.3) is 6.08 Å². The lowest BCUT2D eigenvalue weighted by Crippen LogP contribution is -2.21. The van der Waals surface area contributed by atoms with Crippen molar-refractivity contribution in [2.75, 3.05) is 18.0 Å². The highest BCUT2D eigenvalue weighted by atomic mass is 32.1. The average Bonchev–Trinajstić information content (AvgIpc) is 2.68. The largest absolute Gasteiger partial charge is 0.478 e. The molecule has 0 aliphatic heterocycles. The Balaban J connectivity index is 2.87. The average molecular weight is 240 g/mol. The fourth-order valence-electron chi connectivity index (χ4n) is 1.26. The fraction of sp³-hybridized carbons (Fsp3) is 0.455. The molecular weight excluding hydrogens is 224 g/mol. The number of aliphatic carboxylic acids is 1. The first-order valence-corrected chi connectivity index (χ1v) is 6.02. The van der Waals surface area contributed by atoms with Crippen LogP contribution in [0.15, 0.2) is 11.8 Å². The Morgan fingerprint density at radius 1 is 1.56 bits per heavy atom. The molecule has 0 aromatic carbocycles. The van der Waals surface area contributed by atoms with E-state index in [2.05, 4.69) is 23.7 Å². The van der Waals surface area contributed by atoms with Gasteiger partial charge in [0.2, 0.25) is 0 Å². The number of carboxylic acid groups (broad SMARTS) is 1. The molecule has 5 heteroatoms. The molecule has 4 nitrogen and oxygen atoms in total. The van der Waals surface area contributed by atoms with E-state index >= 15 is 0 Å². The molecule has 0 spiro atoms. The second-order valence-electron chi connectivity index (χ2n) is 3.35. The van der Waals surface area contributed by atoms with Gasteiger partial charge < -0.3 is 10.0 Å². The predicted molar refractivity (Wildman–Crippen MR) is 67.0 cm³/mol. The van der Waals surface area contributed by atoms with Crippen LogP contribution in [0.4, 0.5) is 5.13 Å². The van der Waals surface area contributed by atoms with Crippen molar-refractivity contribution in [1.82, 2.24) is 4.98 Å². The summed E-state index contributed by atoms with van der Waals surface area (Å²) in [5, 5.41) is 9.70. The number of aromatic nitrogens is 1. The van der Waals surface area contributed by atoms with Gasteiger partial charge in [-0.15, -0.1) is 0 Å². The first kappa shape index (κ1) is 12.7. The van der Waals surface area contributed by atoms with Crippen molar-refractivity contribution in [3.63, 3.8) is 0 Å². The third kappa shape index (κ3) is 3.06. The highest BCUT2D eigenvalue weighted by Crippen LogP contribution is 2.24. The number of anilines is 1. The Labute approximate surface area is 99.2 Å². The summed E-state index contributed by atoms with van der Waals surface area (Å²) in [5.74, 6) is -0.891. The van der Waals surface area contributed by atoms with E-state index in [1.165, 1.54) is 11.3 Å².